The number of carbonyl (C=O) groups excluding carboxylic acids is 1. The van der Waals surface area contributed by atoms with Gasteiger partial charge in [-0.25, -0.2) is 4.79 Å². The van der Waals surface area contributed by atoms with Gasteiger partial charge in [0.1, 0.15) is 0 Å². The molecule has 4 aliphatic heterocycles. The van der Waals surface area contributed by atoms with Gasteiger partial charge in [-0.3, -0.25) is 9.88 Å². The van der Waals surface area contributed by atoms with Crippen LogP contribution in [0.15, 0.2) is 88.9 Å². The SMILES string of the molecule is O=C(Nc1ccc(Sc2ccccc2)cc1)N1CC(c2cccnc2)C2C1C1CCN2CC1. The lowest BCUT2D eigenvalue weighted by molar-refractivity contribution is 0.00493. The number of urea groups is 1. The molecule has 4 aliphatic rings. The van der Waals surface area contributed by atoms with Crippen molar-refractivity contribution in [3.63, 3.8) is 0 Å². The van der Waals surface area contributed by atoms with Gasteiger partial charge in [0.05, 0.1) is 6.04 Å². The van der Waals surface area contributed by atoms with E-state index in [4.69, 9.17) is 0 Å². The summed E-state index contributed by atoms with van der Waals surface area (Å²) in [5.41, 5.74) is 2.10. The summed E-state index contributed by atoms with van der Waals surface area (Å²) in [6.45, 7) is 3.05. The molecule has 4 fully saturated rings. The van der Waals surface area contributed by atoms with Gasteiger partial charge in [-0.2, -0.15) is 0 Å². The minimum Gasteiger partial charge on any atom is -0.319 e. The van der Waals surface area contributed by atoms with Crippen LogP contribution in [0.1, 0.15) is 24.3 Å². The van der Waals surface area contributed by atoms with Crippen LogP contribution >= 0.6 is 11.8 Å². The monoisotopic (exact) mass is 456 g/mol. The average Bonchev–Trinajstić information content (AvgIpc) is 3.30. The maximum absolute atomic E-state index is 13.5. The van der Waals surface area contributed by atoms with Crippen LogP contribution in [-0.2, 0) is 0 Å². The molecule has 2 aromatic carbocycles. The Hall–Kier alpha value is -2.83. The first-order valence-electron chi connectivity index (χ1n) is 11.8. The summed E-state index contributed by atoms with van der Waals surface area (Å²) in [4.78, 5) is 24.9. The van der Waals surface area contributed by atoms with Crippen molar-refractivity contribution in [2.24, 2.45) is 5.92 Å². The molecule has 6 heteroatoms. The van der Waals surface area contributed by atoms with E-state index in [1.807, 2.05) is 48.8 Å². The van der Waals surface area contributed by atoms with Crippen molar-refractivity contribution < 1.29 is 4.79 Å². The van der Waals surface area contributed by atoms with Gasteiger partial charge in [-0.05, 0) is 79.9 Å². The maximum atomic E-state index is 13.5. The fourth-order valence-electron chi connectivity index (χ4n) is 5.97. The van der Waals surface area contributed by atoms with Crippen molar-refractivity contribution in [3.05, 3.63) is 84.7 Å². The molecule has 4 saturated heterocycles. The predicted octanol–water partition coefficient (Wildman–Crippen LogP) is 5.33. The van der Waals surface area contributed by atoms with Crippen LogP contribution in [0.5, 0.6) is 0 Å². The molecule has 0 spiro atoms. The number of hydrogen-bond acceptors (Lipinski definition) is 4. The number of benzene rings is 2. The second-order valence-corrected chi connectivity index (χ2v) is 10.4. The number of hydrogen-bond donors (Lipinski definition) is 1. The van der Waals surface area contributed by atoms with E-state index in [1.165, 1.54) is 23.3 Å². The first kappa shape index (κ1) is 20.8. The van der Waals surface area contributed by atoms with Crippen molar-refractivity contribution in [1.29, 1.82) is 0 Å². The number of amides is 2. The van der Waals surface area contributed by atoms with Gasteiger partial charge in [-0.1, -0.05) is 36.0 Å². The lowest BCUT2D eigenvalue weighted by Gasteiger charge is -2.51. The molecule has 33 heavy (non-hydrogen) atoms. The van der Waals surface area contributed by atoms with Crippen molar-refractivity contribution in [2.75, 3.05) is 25.0 Å². The van der Waals surface area contributed by atoms with Crippen LogP contribution < -0.4 is 5.32 Å². The molecule has 0 aliphatic carbocycles. The Bertz CT molecular complexity index is 1100. The molecule has 5 nitrogen and oxygen atoms in total. The van der Waals surface area contributed by atoms with Crippen LogP contribution in [-0.4, -0.2) is 52.5 Å². The van der Waals surface area contributed by atoms with Crippen LogP contribution in [0, 0.1) is 5.92 Å². The van der Waals surface area contributed by atoms with E-state index < -0.39 is 0 Å². The number of rotatable bonds is 4. The quantitative estimate of drug-likeness (QED) is 0.577. The van der Waals surface area contributed by atoms with Gasteiger partial charge >= 0.3 is 6.03 Å². The van der Waals surface area contributed by atoms with Crippen molar-refractivity contribution in [3.8, 4) is 0 Å². The zero-order valence-electron chi connectivity index (χ0n) is 18.5. The molecule has 3 atom stereocenters. The van der Waals surface area contributed by atoms with Gasteiger partial charge in [0, 0.05) is 46.4 Å². The van der Waals surface area contributed by atoms with Gasteiger partial charge < -0.3 is 10.2 Å². The highest BCUT2D eigenvalue weighted by atomic mass is 32.2. The summed E-state index contributed by atoms with van der Waals surface area (Å²) in [5.74, 6) is 0.916. The average molecular weight is 457 g/mol. The molecule has 0 saturated carbocycles. The molecule has 0 radical (unpaired) electrons. The minimum absolute atomic E-state index is 0.0219. The zero-order chi connectivity index (χ0) is 22.2. The predicted molar refractivity (Wildman–Crippen MR) is 132 cm³/mol. The highest BCUT2D eigenvalue weighted by molar-refractivity contribution is 7.99. The number of carbonyl (C=O) groups is 1. The van der Waals surface area contributed by atoms with E-state index in [0.717, 1.165) is 30.2 Å². The van der Waals surface area contributed by atoms with E-state index in [9.17, 15) is 4.79 Å². The van der Waals surface area contributed by atoms with Crippen molar-refractivity contribution >= 4 is 23.5 Å². The molecule has 2 amide bonds. The zero-order valence-corrected chi connectivity index (χ0v) is 19.3. The third kappa shape index (κ3) is 4.02. The van der Waals surface area contributed by atoms with E-state index in [-0.39, 0.29) is 12.1 Å². The molecule has 3 aromatic rings. The fourth-order valence-corrected chi connectivity index (χ4v) is 6.81. The standard InChI is InChI=1S/C27H28N4OS/c32-27(29-21-8-10-23(11-9-21)33-22-6-2-1-3-7-22)31-18-24(20-5-4-14-28-17-20)26-25(31)19-12-15-30(26)16-13-19/h1-11,14,17,19,24-26H,12-13,15-16,18H2,(H,29,32). The first-order valence-corrected chi connectivity index (χ1v) is 12.6. The second kappa shape index (κ2) is 8.84. The summed E-state index contributed by atoms with van der Waals surface area (Å²) >= 11 is 1.73. The Labute approximate surface area is 199 Å². The smallest absolute Gasteiger partial charge is 0.319 e. The molecule has 1 N–H and O–H groups in total. The third-order valence-corrected chi connectivity index (χ3v) is 8.47. The highest BCUT2D eigenvalue weighted by Crippen LogP contribution is 2.46. The third-order valence-electron chi connectivity index (χ3n) is 7.45. The largest absolute Gasteiger partial charge is 0.322 e. The van der Waals surface area contributed by atoms with Gasteiger partial charge in [0.2, 0.25) is 0 Å². The van der Waals surface area contributed by atoms with Crippen molar-refractivity contribution in [2.45, 2.75) is 40.6 Å². The summed E-state index contributed by atoms with van der Waals surface area (Å²) in [6, 6.07) is 23.4. The fraction of sp³-hybridized carbons (Fsp3) is 0.333. The van der Waals surface area contributed by atoms with Gasteiger partial charge in [-0.15, -0.1) is 0 Å². The summed E-state index contributed by atoms with van der Waals surface area (Å²) in [7, 11) is 0. The lowest BCUT2D eigenvalue weighted by Crippen LogP contribution is -2.61. The van der Waals surface area contributed by atoms with Crippen LogP contribution in [0.4, 0.5) is 10.5 Å². The van der Waals surface area contributed by atoms with E-state index in [1.54, 1.807) is 11.8 Å². The number of fused-ring (bicyclic) bond motifs is 2. The number of pyridine rings is 1. The Morgan fingerprint density at radius 3 is 2.39 bits per heavy atom. The molecular weight excluding hydrogens is 428 g/mol. The number of nitrogens with one attached hydrogen (secondary N) is 1. The topological polar surface area (TPSA) is 48.5 Å². The number of piperidine rings is 3. The van der Waals surface area contributed by atoms with E-state index in [2.05, 4.69) is 50.4 Å². The number of nitrogens with zero attached hydrogens (tertiary/aromatic N) is 3. The molecule has 5 heterocycles. The molecule has 7 rings (SSSR count). The second-order valence-electron chi connectivity index (χ2n) is 9.27. The summed E-state index contributed by atoms with van der Waals surface area (Å²) in [5, 5.41) is 3.18. The van der Waals surface area contributed by atoms with Crippen LogP contribution in [0.2, 0.25) is 0 Å². The minimum atomic E-state index is 0.0219. The Morgan fingerprint density at radius 2 is 1.67 bits per heavy atom. The number of anilines is 1. The first-order chi connectivity index (χ1) is 16.3. The molecule has 2 bridgehead atoms. The van der Waals surface area contributed by atoms with Crippen LogP contribution in [0.25, 0.3) is 0 Å². The maximum Gasteiger partial charge on any atom is 0.322 e. The Kier molecular flexibility index (Phi) is 5.56. The van der Waals surface area contributed by atoms with Gasteiger partial charge in [0.15, 0.2) is 0 Å². The highest BCUT2D eigenvalue weighted by Gasteiger charge is 2.54. The van der Waals surface area contributed by atoms with E-state index in [0.29, 0.717) is 17.9 Å². The van der Waals surface area contributed by atoms with Crippen molar-refractivity contribution in [1.82, 2.24) is 14.8 Å². The van der Waals surface area contributed by atoms with E-state index >= 15 is 0 Å². The molecule has 3 unspecified atom stereocenters. The van der Waals surface area contributed by atoms with Crippen LogP contribution in [0.3, 0.4) is 0 Å². The summed E-state index contributed by atoms with van der Waals surface area (Å²) in [6.07, 6.45) is 6.19. The lowest BCUT2D eigenvalue weighted by atomic mass is 9.75. The molecule has 168 valence electrons. The molecular formula is C27H28N4OS. The van der Waals surface area contributed by atoms with Gasteiger partial charge in [0.25, 0.3) is 0 Å². The number of likely N-dealkylation sites (tertiary alicyclic amines) is 1. The molecule has 1 aromatic heterocycles. The summed E-state index contributed by atoms with van der Waals surface area (Å²) < 4.78 is 0. The Morgan fingerprint density at radius 1 is 0.909 bits per heavy atom. The number of aromatic nitrogens is 1. The Balaban J connectivity index is 1.19. The normalized spacial score (nSPS) is 27.9.